The minimum atomic E-state index is -3.26. The third-order valence-corrected chi connectivity index (χ3v) is 5.35. The Balaban J connectivity index is 1.80. The highest BCUT2D eigenvalue weighted by molar-refractivity contribution is 7.92. The molecule has 0 radical (unpaired) electrons. The SMILES string of the molecule is CC(C)CCS(=O)(=O)Nc1ccc2c(c1)Cc1ccccc1-2. The second-order valence-corrected chi connectivity index (χ2v) is 8.15. The molecule has 0 heterocycles. The zero-order valence-corrected chi connectivity index (χ0v) is 13.8. The van der Waals surface area contributed by atoms with Gasteiger partial charge in [0.1, 0.15) is 0 Å². The Morgan fingerprint density at radius 1 is 1.05 bits per heavy atom. The first-order chi connectivity index (χ1) is 10.4. The maximum Gasteiger partial charge on any atom is 0.232 e. The Bertz CT molecular complexity index is 794. The van der Waals surface area contributed by atoms with E-state index >= 15 is 0 Å². The van der Waals surface area contributed by atoms with Crippen molar-refractivity contribution in [3.05, 3.63) is 53.6 Å². The first kappa shape index (κ1) is 15.1. The van der Waals surface area contributed by atoms with Crippen LogP contribution in [0.25, 0.3) is 11.1 Å². The summed E-state index contributed by atoms with van der Waals surface area (Å²) in [4.78, 5) is 0. The Labute approximate surface area is 132 Å². The molecule has 3 nitrogen and oxygen atoms in total. The molecule has 3 rings (SSSR count). The number of fused-ring (bicyclic) bond motifs is 3. The maximum absolute atomic E-state index is 12.1. The molecule has 22 heavy (non-hydrogen) atoms. The van der Waals surface area contributed by atoms with Crippen LogP contribution in [0.1, 0.15) is 31.4 Å². The predicted molar refractivity (Wildman–Crippen MR) is 91.5 cm³/mol. The average Bonchev–Trinajstić information content (AvgIpc) is 2.82. The Kier molecular flexibility index (Phi) is 3.96. The van der Waals surface area contributed by atoms with Crippen LogP contribution in [0.2, 0.25) is 0 Å². The minimum absolute atomic E-state index is 0.169. The zero-order chi connectivity index (χ0) is 15.7. The van der Waals surface area contributed by atoms with E-state index in [0.29, 0.717) is 18.0 Å². The summed E-state index contributed by atoms with van der Waals surface area (Å²) in [6.07, 6.45) is 1.54. The molecule has 0 atom stereocenters. The fourth-order valence-corrected chi connectivity index (χ4v) is 4.20. The van der Waals surface area contributed by atoms with Gasteiger partial charge in [0, 0.05) is 5.69 Å². The van der Waals surface area contributed by atoms with Gasteiger partial charge in [-0.3, -0.25) is 4.72 Å². The molecule has 4 heteroatoms. The monoisotopic (exact) mass is 315 g/mol. The van der Waals surface area contributed by atoms with Crippen molar-refractivity contribution in [2.75, 3.05) is 10.5 Å². The number of benzene rings is 2. The summed E-state index contributed by atoms with van der Waals surface area (Å²) in [5.74, 6) is 0.549. The van der Waals surface area contributed by atoms with Gasteiger partial charge in [-0.15, -0.1) is 0 Å². The first-order valence-electron chi connectivity index (χ1n) is 7.66. The van der Waals surface area contributed by atoms with E-state index in [1.54, 1.807) is 0 Å². The molecule has 0 fully saturated rings. The fraction of sp³-hybridized carbons (Fsp3) is 0.333. The van der Waals surface area contributed by atoms with Crippen molar-refractivity contribution < 1.29 is 8.42 Å². The molecule has 2 aromatic carbocycles. The highest BCUT2D eigenvalue weighted by Crippen LogP contribution is 2.37. The molecule has 0 aromatic heterocycles. The average molecular weight is 315 g/mol. The lowest BCUT2D eigenvalue weighted by molar-refractivity contribution is 0.578. The Hall–Kier alpha value is -1.81. The minimum Gasteiger partial charge on any atom is -0.284 e. The summed E-state index contributed by atoms with van der Waals surface area (Å²) in [5, 5.41) is 0. The lowest BCUT2D eigenvalue weighted by Crippen LogP contribution is -2.18. The lowest BCUT2D eigenvalue weighted by atomic mass is 10.1. The summed E-state index contributed by atoms with van der Waals surface area (Å²) >= 11 is 0. The van der Waals surface area contributed by atoms with Gasteiger partial charge in [-0.1, -0.05) is 44.2 Å². The highest BCUT2D eigenvalue weighted by Gasteiger charge is 2.19. The van der Waals surface area contributed by atoms with Crippen molar-refractivity contribution in [3.8, 4) is 11.1 Å². The van der Waals surface area contributed by atoms with E-state index in [9.17, 15) is 8.42 Å². The molecule has 0 amide bonds. The molecule has 0 saturated heterocycles. The number of rotatable bonds is 5. The van der Waals surface area contributed by atoms with E-state index in [1.165, 1.54) is 22.3 Å². The summed E-state index contributed by atoms with van der Waals surface area (Å²) in [5.41, 5.74) is 5.62. The molecular weight excluding hydrogens is 294 g/mol. The fourth-order valence-electron chi connectivity index (χ4n) is 2.83. The van der Waals surface area contributed by atoms with Gasteiger partial charge in [-0.05, 0) is 53.1 Å². The summed E-state index contributed by atoms with van der Waals surface area (Å²) < 4.78 is 26.9. The van der Waals surface area contributed by atoms with Crippen LogP contribution >= 0.6 is 0 Å². The number of sulfonamides is 1. The predicted octanol–water partition coefficient (Wildman–Crippen LogP) is 4.05. The van der Waals surface area contributed by atoms with Gasteiger partial charge in [0.15, 0.2) is 0 Å². The van der Waals surface area contributed by atoms with E-state index in [-0.39, 0.29) is 5.75 Å². The molecule has 0 spiro atoms. The highest BCUT2D eigenvalue weighted by atomic mass is 32.2. The van der Waals surface area contributed by atoms with Crippen LogP contribution in [0.15, 0.2) is 42.5 Å². The quantitative estimate of drug-likeness (QED) is 0.772. The number of hydrogen-bond acceptors (Lipinski definition) is 2. The smallest absolute Gasteiger partial charge is 0.232 e. The zero-order valence-electron chi connectivity index (χ0n) is 13.0. The van der Waals surface area contributed by atoms with Crippen molar-refractivity contribution in [1.82, 2.24) is 0 Å². The van der Waals surface area contributed by atoms with E-state index < -0.39 is 10.0 Å². The molecule has 0 aliphatic heterocycles. The summed E-state index contributed by atoms with van der Waals surface area (Å²) in [6.45, 7) is 4.06. The van der Waals surface area contributed by atoms with Gasteiger partial charge in [0.05, 0.1) is 5.75 Å². The van der Waals surface area contributed by atoms with Crippen LogP contribution in [-0.4, -0.2) is 14.2 Å². The van der Waals surface area contributed by atoms with E-state index in [1.807, 2.05) is 44.2 Å². The molecule has 0 bridgehead atoms. The molecular formula is C18H21NO2S. The van der Waals surface area contributed by atoms with Crippen molar-refractivity contribution in [3.63, 3.8) is 0 Å². The normalized spacial score (nSPS) is 13.0. The molecule has 1 N–H and O–H groups in total. The van der Waals surface area contributed by atoms with Crippen LogP contribution in [0.3, 0.4) is 0 Å². The van der Waals surface area contributed by atoms with Crippen molar-refractivity contribution in [2.45, 2.75) is 26.7 Å². The standard InChI is InChI=1S/C18H21NO2S/c1-13(2)9-10-22(20,21)19-16-7-8-18-15(12-16)11-14-5-3-4-6-17(14)18/h3-8,12-13,19H,9-11H2,1-2H3. The van der Waals surface area contributed by atoms with Gasteiger partial charge < -0.3 is 0 Å². The van der Waals surface area contributed by atoms with Crippen LogP contribution < -0.4 is 4.72 Å². The molecule has 0 saturated carbocycles. The van der Waals surface area contributed by atoms with Crippen LogP contribution in [0, 0.1) is 5.92 Å². The van der Waals surface area contributed by atoms with Crippen molar-refractivity contribution in [1.29, 1.82) is 0 Å². The van der Waals surface area contributed by atoms with Crippen LogP contribution in [-0.2, 0) is 16.4 Å². The van der Waals surface area contributed by atoms with Gasteiger partial charge in [-0.2, -0.15) is 0 Å². The number of anilines is 1. The van der Waals surface area contributed by atoms with Gasteiger partial charge in [0.25, 0.3) is 0 Å². The van der Waals surface area contributed by atoms with Gasteiger partial charge in [-0.25, -0.2) is 8.42 Å². The second-order valence-electron chi connectivity index (χ2n) is 6.31. The Morgan fingerprint density at radius 3 is 2.55 bits per heavy atom. The van der Waals surface area contributed by atoms with Gasteiger partial charge in [0.2, 0.25) is 10.0 Å². The molecule has 1 aliphatic rings. The Morgan fingerprint density at radius 2 is 1.77 bits per heavy atom. The lowest BCUT2D eigenvalue weighted by Gasteiger charge is -2.11. The van der Waals surface area contributed by atoms with Crippen LogP contribution in [0.5, 0.6) is 0 Å². The summed E-state index contributed by atoms with van der Waals surface area (Å²) in [6, 6.07) is 14.2. The number of nitrogens with one attached hydrogen (secondary N) is 1. The second kappa shape index (κ2) is 5.76. The third kappa shape index (κ3) is 3.17. The summed E-state index contributed by atoms with van der Waals surface area (Å²) in [7, 11) is -3.26. The molecule has 2 aromatic rings. The van der Waals surface area contributed by atoms with E-state index in [4.69, 9.17) is 0 Å². The van der Waals surface area contributed by atoms with Crippen molar-refractivity contribution in [2.24, 2.45) is 5.92 Å². The molecule has 116 valence electrons. The van der Waals surface area contributed by atoms with Gasteiger partial charge >= 0.3 is 0 Å². The van der Waals surface area contributed by atoms with E-state index in [0.717, 1.165) is 6.42 Å². The topological polar surface area (TPSA) is 46.2 Å². The maximum atomic E-state index is 12.1. The van der Waals surface area contributed by atoms with E-state index in [2.05, 4.69) is 16.9 Å². The first-order valence-corrected chi connectivity index (χ1v) is 9.31. The third-order valence-electron chi connectivity index (χ3n) is 4.03. The van der Waals surface area contributed by atoms with Crippen LogP contribution in [0.4, 0.5) is 5.69 Å². The van der Waals surface area contributed by atoms with Crippen molar-refractivity contribution >= 4 is 15.7 Å². The number of hydrogen-bond donors (Lipinski definition) is 1. The molecule has 0 unspecified atom stereocenters. The molecule has 1 aliphatic carbocycles. The largest absolute Gasteiger partial charge is 0.284 e.